The van der Waals surface area contributed by atoms with Gasteiger partial charge < -0.3 is 18.7 Å². The Morgan fingerprint density at radius 1 is 0.971 bits per heavy atom. The smallest absolute Gasteiger partial charge is 0.161 e. The highest BCUT2D eigenvalue weighted by Crippen LogP contribution is 2.32. The van der Waals surface area contributed by atoms with E-state index in [0.717, 1.165) is 54.8 Å². The third kappa shape index (κ3) is 6.21. The van der Waals surface area contributed by atoms with Crippen molar-refractivity contribution in [2.75, 3.05) is 49.6 Å². The van der Waals surface area contributed by atoms with Crippen molar-refractivity contribution >= 4 is 23.3 Å². The number of halogens is 1. The maximum absolute atomic E-state index is 13.6. The number of hydrogen-bond donors (Lipinski definition) is 0. The second kappa shape index (κ2) is 11.7. The molecule has 1 atom stereocenters. The summed E-state index contributed by atoms with van der Waals surface area (Å²) in [5.41, 5.74) is 3.58. The molecule has 0 N–H and O–H groups in total. The van der Waals surface area contributed by atoms with Crippen LogP contribution in [0, 0.1) is 5.82 Å². The van der Waals surface area contributed by atoms with E-state index in [2.05, 4.69) is 64.4 Å². The molecule has 1 heterocycles. The number of piperazine rings is 1. The van der Waals surface area contributed by atoms with Crippen LogP contribution in [0.2, 0.25) is 0 Å². The zero-order valence-corrected chi connectivity index (χ0v) is 21.7. The average Bonchev–Trinajstić information content (AvgIpc) is 2.88. The van der Waals surface area contributed by atoms with Gasteiger partial charge in [0.2, 0.25) is 0 Å². The zero-order valence-electron chi connectivity index (χ0n) is 20.9. The van der Waals surface area contributed by atoms with Gasteiger partial charge in [-0.05, 0) is 86.0 Å². The lowest BCUT2D eigenvalue weighted by atomic mass is 10.1. The number of ether oxygens (including phenoxy) is 2. The Labute approximate surface area is 212 Å². The van der Waals surface area contributed by atoms with Crippen LogP contribution in [-0.4, -0.2) is 51.3 Å². The van der Waals surface area contributed by atoms with Gasteiger partial charge in [0.1, 0.15) is 5.82 Å². The molecule has 186 valence electrons. The number of benzene rings is 3. The Kier molecular flexibility index (Phi) is 8.42. The van der Waals surface area contributed by atoms with Crippen LogP contribution >= 0.6 is 11.9 Å². The summed E-state index contributed by atoms with van der Waals surface area (Å²) in [6, 6.07) is 22.0. The SMILES string of the molecule is CCN(Sc1cccc(F)c1)c1ccc(N2CCN(Cc3ccc(OC)c(OC)c3)C(C)C2)cc1. The lowest BCUT2D eigenvalue weighted by Crippen LogP contribution is -2.51. The fourth-order valence-corrected chi connectivity index (χ4v) is 5.37. The molecule has 0 aliphatic carbocycles. The van der Waals surface area contributed by atoms with Gasteiger partial charge in [0.05, 0.1) is 14.2 Å². The highest BCUT2D eigenvalue weighted by atomic mass is 32.2. The maximum atomic E-state index is 13.6. The minimum absolute atomic E-state index is 0.208. The molecule has 0 radical (unpaired) electrons. The van der Waals surface area contributed by atoms with Crippen molar-refractivity contribution in [2.24, 2.45) is 0 Å². The number of hydrogen-bond acceptors (Lipinski definition) is 6. The first-order valence-electron chi connectivity index (χ1n) is 12.0. The van der Waals surface area contributed by atoms with Crippen LogP contribution in [0.1, 0.15) is 19.4 Å². The van der Waals surface area contributed by atoms with Gasteiger partial charge in [-0.2, -0.15) is 0 Å². The molecule has 35 heavy (non-hydrogen) atoms. The number of rotatable bonds is 9. The van der Waals surface area contributed by atoms with Crippen LogP contribution in [0.4, 0.5) is 15.8 Å². The molecule has 0 amide bonds. The lowest BCUT2D eigenvalue weighted by molar-refractivity contribution is 0.181. The lowest BCUT2D eigenvalue weighted by Gasteiger charge is -2.41. The maximum Gasteiger partial charge on any atom is 0.161 e. The Morgan fingerprint density at radius 2 is 1.74 bits per heavy atom. The summed E-state index contributed by atoms with van der Waals surface area (Å²) in [6.07, 6.45) is 0. The number of anilines is 2. The third-order valence-corrected chi connectivity index (χ3v) is 7.55. The number of nitrogens with zero attached hydrogens (tertiary/aromatic N) is 3. The Balaban J connectivity index is 1.37. The molecule has 7 heteroatoms. The third-order valence-electron chi connectivity index (χ3n) is 6.40. The van der Waals surface area contributed by atoms with Crippen molar-refractivity contribution in [3.63, 3.8) is 0 Å². The van der Waals surface area contributed by atoms with E-state index in [-0.39, 0.29) is 5.82 Å². The Hall–Kier alpha value is -2.90. The highest BCUT2D eigenvalue weighted by molar-refractivity contribution is 8.00. The van der Waals surface area contributed by atoms with Gasteiger partial charge in [0.15, 0.2) is 11.5 Å². The van der Waals surface area contributed by atoms with Gasteiger partial charge in [0, 0.05) is 55.0 Å². The minimum Gasteiger partial charge on any atom is -0.493 e. The molecule has 1 saturated heterocycles. The first-order chi connectivity index (χ1) is 17.0. The standard InChI is InChI=1S/C28H34FN3O2S/c1-5-32(35-26-8-6-7-23(29)18-26)25-12-10-24(11-13-25)31-16-15-30(21(2)19-31)20-22-9-14-27(33-3)28(17-22)34-4/h6-14,17-18,21H,5,15-16,19-20H2,1-4H3. The van der Waals surface area contributed by atoms with E-state index in [1.165, 1.54) is 17.3 Å². The average molecular weight is 496 g/mol. The van der Waals surface area contributed by atoms with E-state index < -0.39 is 0 Å². The minimum atomic E-state index is -0.208. The first kappa shape index (κ1) is 25.2. The fraction of sp³-hybridized carbons (Fsp3) is 0.357. The van der Waals surface area contributed by atoms with Crippen LogP contribution in [0.15, 0.2) is 71.6 Å². The monoisotopic (exact) mass is 495 g/mol. The van der Waals surface area contributed by atoms with Gasteiger partial charge in [-0.1, -0.05) is 12.1 Å². The summed E-state index contributed by atoms with van der Waals surface area (Å²) in [7, 11) is 3.34. The molecule has 0 saturated carbocycles. The van der Waals surface area contributed by atoms with E-state index >= 15 is 0 Å². The molecule has 1 unspecified atom stereocenters. The van der Waals surface area contributed by atoms with Crippen LogP contribution in [-0.2, 0) is 6.54 Å². The predicted molar refractivity (Wildman–Crippen MR) is 143 cm³/mol. The van der Waals surface area contributed by atoms with Gasteiger partial charge in [0.25, 0.3) is 0 Å². The van der Waals surface area contributed by atoms with Crippen LogP contribution in [0.25, 0.3) is 0 Å². The van der Waals surface area contributed by atoms with Crippen molar-refractivity contribution in [1.29, 1.82) is 0 Å². The Morgan fingerprint density at radius 3 is 2.40 bits per heavy atom. The molecule has 0 bridgehead atoms. The van der Waals surface area contributed by atoms with Gasteiger partial charge in [-0.15, -0.1) is 0 Å². The largest absolute Gasteiger partial charge is 0.493 e. The molecule has 1 aliphatic heterocycles. The summed E-state index contributed by atoms with van der Waals surface area (Å²) in [4.78, 5) is 5.87. The molecule has 1 fully saturated rings. The molecule has 4 rings (SSSR count). The molecule has 1 aliphatic rings. The highest BCUT2D eigenvalue weighted by Gasteiger charge is 2.24. The molecular weight excluding hydrogens is 461 g/mol. The van der Waals surface area contributed by atoms with Crippen molar-refractivity contribution in [3.8, 4) is 11.5 Å². The molecule has 3 aromatic rings. The zero-order chi connectivity index (χ0) is 24.8. The first-order valence-corrected chi connectivity index (χ1v) is 12.8. The van der Waals surface area contributed by atoms with Crippen molar-refractivity contribution in [2.45, 2.75) is 31.3 Å². The summed E-state index contributed by atoms with van der Waals surface area (Å²) >= 11 is 1.56. The second-order valence-corrected chi connectivity index (χ2v) is 9.81. The van der Waals surface area contributed by atoms with Crippen molar-refractivity contribution in [1.82, 2.24) is 4.90 Å². The molecule has 3 aromatic carbocycles. The predicted octanol–water partition coefficient (Wildman–Crippen LogP) is 6.09. The molecule has 5 nitrogen and oxygen atoms in total. The Bertz CT molecular complexity index is 1110. The van der Waals surface area contributed by atoms with Crippen LogP contribution in [0.3, 0.4) is 0 Å². The fourth-order valence-electron chi connectivity index (χ4n) is 4.46. The van der Waals surface area contributed by atoms with E-state index in [9.17, 15) is 4.39 Å². The summed E-state index contributed by atoms with van der Waals surface area (Å²) < 4.78 is 26.6. The summed E-state index contributed by atoms with van der Waals surface area (Å²) in [5.74, 6) is 1.32. The van der Waals surface area contributed by atoms with Gasteiger partial charge in [-0.25, -0.2) is 4.39 Å². The van der Waals surface area contributed by atoms with Gasteiger partial charge in [-0.3, -0.25) is 4.90 Å². The molecule has 0 spiro atoms. The second-order valence-electron chi connectivity index (χ2n) is 8.71. The van der Waals surface area contributed by atoms with Crippen LogP contribution < -0.4 is 18.7 Å². The number of methoxy groups -OCH3 is 2. The van der Waals surface area contributed by atoms with E-state index in [1.807, 2.05) is 12.1 Å². The topological polar surface area (TPSA) is 28.2 Å². The van der Waals surface area contributed by atoms with Crippen molar-refractivity contribution < 1.29 is 13.9 Å². The molecule has 0 aromatic heterocycles. The quantitative estimate of drug-likeness (QED) is 0.334. The normalized spacial score (nSPS) is 16.3. The van der Waals surface area contributed by atoms with Crippen LogP contribution in [0.5, 0.6) is 11.5 Å². The van der Waals surface area contributed by atoms with E-state index in [4.69, 9.17) is 9.47 Å². The van der Waals surface area contributed by atoms with E-state index in [0.29, 0.717) is 6.04 Å². The van der Waals surface area contributed by atoms with E-state index in [1.54, 1.807) is 38.3 Å². The van der Waals surface area contributed by atoms with Crippen molar-refractivity contribution in [3.05, 3.63) is 78.1 Å². The summed E-state index contributed by atoms with van der Waals surface area (Å²) in [5, 5.41) is 0. The molecular formula is C28H34FN3O2S. The van der Waals surface area contributed by atoms with Gasteiger partial charge >= 0.3 is 0 Å². The summed E-state index contributed by atoms with van der Waals surface area (Å²) in [6.45, 7) is 9.06.